The Bertz CT molecular complexity index is 996. The van der Waals surface area contributed by atoms with E-state index in [4.69, 9.17) is 0 Å². The molecule has 2 amide bonds. The second-order valence-electron chi connectivity index (χ2n) is 8.66. The summed E-state index contributed by atoms with van der Waals surface area (Å²) >= 11 is 1.54. The first kappa shape index (κ1) is 22.8. The molecule has 174 valence electrons. The van der Waals surface area contributed by atoms with E-state index >= 15 is 0 Å². The lowest BCUT2D eigenvalue weighted by molar-refractivity contribution is -0.220. The molecule has 2 unspecified atom stereocenters. The van der Waals surface area contributed by atoms with Crippen LogP contribution in [0.5, 0.6) is 0 Å². The normalized spacial score (nSPS) is 21.3. The molecule has 0 bridgehead atoms. The average Bonchev–Trinajstić information content (AvgIpc) is 3.50. The number of halogens is 3. The van der Waals surface area contributed by atoms with Crippen LogP contribution >= 0.6 is 11.3 Å². The second-order valence-corrected chi connectivity index (χ2v) is 9.60. The monoisotopic (exact) mass is 469 g/mol. The van der Waals surface area contributed by atoms with Gasteiger partial charge in [-0.15, -0.1) is 11.3 Å². The third-order valence-corrected chi connectivity index (χ3v) is 7.45. The van der Waals surface area contributed by atoms with Crippen molar-refractivity contribution in [2.75, 3.05) is 13.1 Å². The largest absolute Gasteiger partial charge is 0.403 e. The van der Waals surface area contributed by atoms with Gasteiger partial charge in [-0.2, -0.15) is 18.3 Å². The van der Waals surface area contributed by atoms with Crippen LogP contribution < -0.4 is 5.32 Å². The van der Waals surface area contributed by atoms with E-state index in [1.165, 1.54) is 11.3 Å². The number of alkyl halides is 3. The van der Waals surface area contributed by atoms with E-state index in [2.05, 4.69) is 15.4 Å². The summed E-state index contributed by atoms with van der Waals surface area (Å²) in [7, 11) is 1.79. The van der Waals surface area contributed by atoms with Crippen LogP contribution in [-0.4, -0.2) is 50.7 Å². The molecule has 0 spiro atoms. The number of carbonyl (C=O) groups excluding carboxylic acids is 2. The maximum Gasteiger partial charge on any atom is 0.403 e. The van der Waals surface area contributed by atoms with Crippen molar-refractivity contribution < 1.29 is 22.8 Å². The van der Waals surface area contributed by atoms with Crippen LogP contribution in [0.3, 0.4) is 0 Å². The molecular formula is C21H26F3N5O2S. The Hall–Kier alpha value is -2.43. The first-order valence-electron chi connectivity index (χ1n) is 10.7. The number of amides is 2. The highest BCUT2D eigenvalue weighted by Gasteiger charge is 2.60. The molecule has 0 aromatic carbocycles. The molecule has 1 saturated carbocycles. The summed E-state index contributed by atoms with van der Waals surface area (Å²) in [6.07, 6.45) is -1.81. The highest BCUT2D eigenvalue weighted by atomic mass is 32.1. The highest BCUT2D eigenvalue weighted by Crippen LogP contribution is 2.50. The van der Waals surface area contributed by atoms with Crippen LogP contribution in [0.15, 0.2) is 17.8 Å². The molecule has 11 heteroatoms. The van der Waals surface area contributed by atoms with E-state index in [9.17, 15) is 22.8 Å². The lowest BCUT2D eigenvalue weighted by atomic mass is 9.84. The summed E-state index contributed by atoms with van der Waals surface area (Å²) in [5.74, 6) is -1.95. The van der Waals surface area contributed by atoms with Crippen molar-refractivity contribution in [1.82, 2.24) is 25.0 Å². The SMILES string of the molecule is CC(CNC(=O)C1(C(F)(F)F)CCCC1)C(=O)N1CCc2scnc2C1c1ccn(C)n1. The minimum Gasteiger partial charge on any atom is -0.355 e. The number of aryl methyl sites for hydroxylation is 1. The molecule has 0 radical (unpaired) electrons. The predicted octanol–water partition coefficient (Wildman–Crippen LogP) is 3.23. The maximum absolute atomic E-state index is 13.6. The number of carbonyl (C=O) groups is 2. The van der Waals surface area contributed by atoms with Gasteiger partial charge >= 0.3 is 6.18 Å². The van der Waals surface area contributed by atoms with Gasteiger partial charge in [-0.1, -0.05) is 19.8 Å². The minimum absolute atomic E-state index is 0.148. The molecule has 2 atom stereocenters. The average molecular weight is 470 g/mol. The molecule has 2 aromatic rings. The zero-order chi connectivity index (χ0) is 23.1. The Morgan fingerprint density at radius 1 is 1.34 bits per heavy atom. The van der Waals surface area contributed by atoms with Crippen molar-refractivity contribution in [3.05, 3.63) is 34.0 Å². The minimum atomic E-state index is -4.60. The molecule has 32 heavy (non-hydrogen) atoms. The van der Waals surface area contributed by atoms with Gasteiger partial charge in [0.25, 0.3) is 0 Å². The first-order valence-corrected chi connectivity index (χ1v) is 11.6. The van der Waals surface area contributed by atoms with E-state index in [1.807, 2.05) is 6.07 Å². The van der Waals surface area contributed by atoms with Crippen LogP contribution in [0.25, 0.3) is 0 Å². The summed E-state index contributed by atoms with van der Waals surface area (Å²) in [5, 5.41) is 6.88. The number of hydrogen-bond donors (Lipinski definition) is 1. The molecular weight excluding hydrogens is 443 g/mol. The molecule has 2 aliphatic rings. The Morgan fingerprint density at radius 2 is 2.06 bits per heavy atom. The van der Waals surface area contributed by atoms with E-state index in [0.29, 0.717) is 31.5 Å². The third-order valence-electron chi connectivity index (χ3n) is 6.55. The van der Waals surface area contributed by atoms with Crippen molar-refractivity contribution in [1.29, 1.82) is 0 Å². The molecule has 1 aliphatic heterocycles. The summed E-state index contributed by atoms with van der Waals surface area (Å²) in [5.41, 5.74) is 0.876. The zero-order valence-corrected chi connectivity index (χ0v) is 18.8. The van der Waals surface area contributed by atoms with Gasteiger partial charge in [-0.3, -0.25) is 14.3 Å². The Labute approximate surface area is 188 Å². The smallest absolute Gasteiger partial charge is 0.355 e. The quantitative estimate of drug-likeness (QED) is 0.729. The summed E-state index contributed by atoms with van der Waals surface area (Å²) < 4.78 is 42.6. The summed E-state index contributed by atoms with van der Waals surface area (Å²) in [6.45, 7) is 1.94. The Kier molecular flexibility index (Phi) is 6.04. The molecule has 7 nitrogen and oxygen atoms in total. The number of thiazole rings is 1. The van der Waals surface area contributed by atoms with Crippen molar-refractivity contribution in [3.8, 4) is 0 Å². The van der Waals surface area contributed by atoms with Crippen LogP contribution in [-0.2, 0) is 23.1 Å². The van der Waals surface area contributed by atoms with Crippen LogP contribution in [0.2, 0.25) is 0 Å². The lowest BCUT2D eigenvalue weighted by Gasteiger charge is -2.36. The van der Waals surface area contributed by atoms with Gasteiger partial charge in [0.2, 0.25) is 11.8 Å². The van der Waals surface area contributed by atoms with Crippen molar-refractivity contribution in [3.63, 3.8) is 0 Å². The van der Waals surface area contributed by atoms with E-state index < -0.39 is 29.5 Å². The van der Waals surface area contributed by atoms with Gasteiger partial charge in [-0.05, 0) is 18.9 Å². The van der Waals surface area contributed by atoms with E-state index in [0.717, 1.165) is 10.6 Å². The molecule has 1 fully saturated rings. The van der Waals surface area contributed by atoms with E-state index in [1.54, 1.807) is 35.3 Å². The highest BCUT2D eigenvalue weighted by molar-refractivity contribution is 7.09. The Balaban J connectivity index is 1.49. The number of hydrogen-bond acceptors (Lipinski definition) is 5. The van der Waals surface area contributed by atoms with Gasteiger partial charge in [0.15, 0.2) is 0 Å². The molecule has 2 aromatic heterocycles. The number of rotatable bonds is 5. The van der Waals surface area contributed by atoms with Gasteiger partial charge in [0.1, 0.15) is 11.5 Å². The van der Waals surface area contributed by atoms with E-state index in [-0.39, 0.29) is 25.3 Å². The van der Waals surface area contributed by atoms with Crippen molar-refractivity contribution in [2.24, 2.45) is 18.4 Å². The van der Waals surface area contributed by atoms with Gasteiger partial charge in [0.05, 0.1) is 22.8 Å². The molecule has 1 aliphatic carbocycles. The number of nitrogens with one attached hydrogen (secondary N) is 1. The number of nitrogens with zero attached hydrogens (tertiary/aromatic N) is 4. The fraction of sp³-hybridized carbons (Fsp3) is 0.619. The second kappa shape index (κ2) is 8.49. The molecule has 0 saturated heterocycles. The number of aromatic nitrogens is 3. The third kappa shape index (κ3) is 3.91. The molecule has 1 N–H and O–H groups in total. The first-order chi connectivity index (χ1) is 15.1. The van der Waals surface area contributed by atoms with Crippen LogP contribution in [0.1, 0.15) is 54.9 Å². The maximum atomic E-state index is 13.6. The fourth-order valence-corrected chi connectivity index (χ4v) is 5.49. The molecule has 3 heterocycles. The fourth-order valence-electron chi connectivity index (χ4n) is 4.71. The van der Waals surface area contributed by atoms with Crippen molar-refractivity contribution >= 4 is 23.2 Å². The zero-order valence-electron chi connectivity index (χ0n) is 18.0. The van der Waals surface area contributed by atoms with Gasteiger partial charge < -0.3 is 10.2 Å². The number of fused-ring (bicyclic) bond motifs is 1. The summed E-state index contributed by atoms with van der Waals surface area (Å²) in [4.78, 5) is 33.1. The predicted molar refractivity (Wildman–Crippen MR) is 112 cm³/mol. The standard InChI is InChI=1S/C21H26F3N5O2S/c1-13(11-25-19(31)20(21(22,23)24)7-3-4-8-20)18(30)29-10-6-15-16(26-12-32-15)17(29)14-5-9-28(2)27-14/h5,9,12-13,17H,3-4,6-8,10-11H2,1-2H3,(H,25,31). The topological polar surface area (TPSA) is 80.1 Å². The van der Waals surface area contributed by atoms with Crippen LogP contribution in [0, 0.1) is 11.3 Å². The van der Waals surface area contributed by atoms with Crippen LogP contribution in [0.4, 0.5) is 13.2 Å². The summed E-state index contributed by atoms with van der Waals surface area (Å²) in [6, 6.07) is 1.38. The molecule has 4 rings (SSSR count). The lowest BCUT2D eigenvalue weighted by Crippen LogP contribution is -2.51. The van der Waals surface area contributed by atoms with Gasteiger partial charge in [-0.25, -0.2) is 4.98 Å². The Morgan fingerprint density at radius 3 is 2.69 bits per heavy atom. The van der Waals surface area contributed by atoms with Crippen molar-refractivity contribution in [2.45, 2.75) is 51.2 Å². The van der Waals surface area contributed by atoms with Gasteiger partial charge in [0, 0.05) is 37.6 Å².